The first-order chi connectivity index (χ1) is 14.9. The molecule has 166 valence electrons. The third kappa shape index (κ3) is 5.60. The van der Waals surface area contributed by atoms with Crippen molar-refractivity contribution in [1.82, 2.24) is 4.90 Å². The second-order valence-corrected chi connectivity index (χ2v) is 11.3. The summed E-state index contributed by atoms with van der Waals surface area (Å²) in [5.41, 5.74) is 2.22. The molecule has 1 aliphatic carbocycles. The quantitative estimate of drug-likeness (QED) is 0.681. The SMILES string of the molecule is O=C(CC1CCS(=O)(=O)CC1)N1CCN(c2cccc(Cl)c2)CC1C1=CCC=CC=C1. The first-order valence-corrected chi connectivity index (χ1v) is 13.1. The van der Waals surface area contributed by atoms with Crippen LogP contribution in [0.15, 0.2) is 60.2 Å². The molecule has 2 fully saturated rings. The molecule has 2 heterocycles. The van der Waals surface area contributed by atoms with E-state index >= 15 is 0 Å². The van der Waals surface area contributed by atoms with Gasteiger partial charge >= 0.3 is 0 Å². The molecule has 4 rings (SSSR count). The lowest BCUT2D eigenvalue weighted by Gasteiger charge is -2.43. The van der Waals surface area contributed by atoms with E-state index in [0.717, 1.165) is 24.2 Å². The van der Waals surface area contributed by atoms with Gasteiger partial charge in [-0.25, -0.2) is 8.42 Å². The van der Waals surface area contributed by atoms with Crippen LogP contribution in [0.3, 0.4) is 0 Å². The number of hydrogen-bond acceptors (Lipinski definition) is 4. The Morgan fingerprint density at radius 2 is 1.94 bits per heavy atom. The van der Waals surface area contributed by atoms with Gasteiger partial charge in [0.25, 0.3) is 0 Å². The van der Waals surface area contributed by atoms with Crippen LogP contribution in [0, 0.1) is 5.92 Å². The van der Waals surface area contributed by atoms with Crippen molar-refractivity contribution in [3.05, 3.63) is 65.2 Å². The summed E-state index contributed by atoms with van der Waals surface area (Å²) in [5.74, 6) is 0.696. The van der Waals surface area contributed by atoms with Gasteiger partial charge in [-0.1, -0.05) is 48.0 Å². The van der Waals surface area contributed by atoms with E-state index in [-0.39, 0.29) is 29.4 Å². The Kier molecular flexibility index (Phi) is 6.87. The summed E-state index contributed by atoms with van der Waals surface area (Å²) in [5, 5.41) is 0.706. The maximum Gasteiger partial charge on any atom is 0.223 e. The summed E-state index contributed by atoms with van der Waals surface area (Å²) in [6.07, 6.45) is 12.9. The summed E-state index contributed by atoms with van der Waals surface area (Å²) in [6.45, 7) is 2.10. The minimum Gasteiger partial charge on any atom is -0.367 e. The van der Waals surface area contributed by atoms with E-state index < -0.39 is 9.84 Å². The molecule has 0 N–H and O–H groups in total. The van der Waals surface area contributed by atoms with E-state index in [1.807, 2.05) is 35.3 Å². The first kappa shape index (κ1) is 22.2. The molecule has 0 spiro atoms. The molecule has 2 aliphatic heterocycles. The lowest BCUT2D eigenvalue weighted by Crippen LogP contribution is -2.56. The van der Waals surface area contributed by atoms with Crippen molar-refractivity contribution in [3.8, 4) is 0 Å². The number of halogens is 1. The Morgan fingerprint density at radius 3 is 2.71 bits per heavy atom. The molecule has 7 heteroatoms. The molecule has 1 unspecified atom stereocenters. The van der Waals surface area contributed by atoms with Gasteiger partial charge < -0.3 is 9.80 Å². The number of amides is 1. The number of carbonyl (C=O) groups excluding carboxylic acids is 1. The van der Waals surface area contributed by atoms with Gasteiger partial charge in [-0.2, -0.15) is 0 Å². The first-order valence-electron chi connectivity index (χ1n) is 10.9. The molecule has 0 saturated carbocycles. The number of anilines is 1. The summed E-state index contributed by atoms with van der Waals surface area (Å²) >= 11 is 6.21. The summed E-state index contributed by atoms with van der Waals surface area (Å²) < 4.78 is 23.5. The fourth-order valence-corrected chi connectivity index (χ4v) is 6.40. The number of sulfone groups is 1. The maximum absolute atomic E-state index is 13.3. The number of benzene rings is 1. The molecule has 1 amide bonds. The molecule has 31 heavy (non-hydrogen) atoms. The Hall–Kier alpha value is -2.05. The zero-order valence-electron chi connectivity index (χ0n) is 17.6. The normalized spacial score (nSPS) is 24.0. The average molecular weight is 461 g/mol. The van der Waals surface area contributed by atoms with E-state index in [0.29, 0.717) is 37.4 Å². The van der Waals surface area contributed by atoms with Crippen LogP contribution in [0.25, 0.3) is 0 Å². The predicted molar refractivity (Wildman–Crippen MR) is 126 cm³/mol. The van der Waals surface area contributed by atoms with Crippen molar-refractivity contribution in [2.75, 3.05) is 36.0 Å². The van der Waals surface area contributed by atoms with Gasteiger partial charge in [-0.15, -0.1) is 0 Å². The van der Waals surface area contributed by atoms with Crippen LogP contribution in [-0.2, 0) is 14.6 Å². The van der Waals surface area contributed by atoms with E-state index in [2.05, 4.69) is 29.2 Å². The van der Waals surface area contributed by atoms with Crippen LogP contribution in [0.2, 0.25) is 5.02 Å². The Bertz CT molecular complexity index is 1000. The van der Waals surface area contributed by atoms with Gasteiger partial charge in [-0.05, 0) is 49.0 Å². The fraction of sp³-hybridized carbons (Fsp3) is 0.458. The highest BCUT2D eigenvalue weighted by molar-refractivity contribution is 7.91. The largest absolute Gasteiger partial charge is 0.367 e. The third-order valence-electron chi connectivity index (χ3n) is 6.42. The minimum absolute atomic E-state index is 0.0382. The van der Waals surface area contributed by atoms with Crippen molar-refractivity contribution >= 4 is 33.0 Å². The predicted octanol–water partition coefficient (Wildman–Crippen LogP) is 4.01. The van der Waals surface area contributed by atoms with E-state index in [1.165, 1.54) is 0 Å². The number of allylic oxidation sites excluding steroid dienone is 4. The summed E-state index contributed by atoms with van der Waals surface area (Å²) in [4.78, 5) is 17.6. The second kappa shape index (κ2) is 9.61. The highest BCUT2D eigenvalue weighted by Crippen LogP contribution is 2.29. The Morgan fingerprint density at radius 1 is 1.13 bits per heavy atom. The molecule has 1 aromatic rings. The van der Waals surface area contributed by atoms with Gasteiger partial charge in [-0.3, -0.25) is 4.79 Å². The number of hydrogen-bond donors (Lipinski definition) is 0. The third-order valence-corrected chi connectivity index (χ3v) is 8.37. The van der Waals surface area contributed by atoms with E-state index in [1.54, 1.807) is 0 Å². The molecule has 0 bridgehead atoms. The summed E-state index contributed by atoms with van der Waals surface area (Å²) in [7, 11) is -2.92. The molecule has 1 atom stereocenters. The lowest BCUT2D eigenvalue weighted by atomic mass is 9.95. The topological polar surface area (TPSA) is 57.7 Å². The van der Waals surface area contributed by atoms with Crippen LogP contribution < -0.4 is 4.90 Å². The van der Waals surface area contributed by atoms with E-state index in [9.17, 15) is 13.2 Å². The summed E-state index contributed by atoms with van der Waals surface area (Å²) in [6, 6.07) is 7.81. The zero-order chi connectivity index (χ0) is 21.8. The molecular weight excluding hydrogens is 432 g/mol. The van der Waals surface area contributed by atoms with Gasteiger partial charge in [0.1, 0.15) is 9.84 Å². The average Bonchev–Trinajstić information content (AvgIpc) is 3.04. The molecule has 0 radical (unpaired) electrons. The number of rotatable bonds is 4. The van der Waals surface area contributed by atoms with Gasteiger partial charge in [0.2, 0.25) is 5.91 Å². The van der Waals surface area contributed by atoms with Crippen LogP contribution in [0.1, 0.15) is 25.7 Å². The highest BCUT2D eigenvalue weighted by atomic mass is 35.5. The zero-order valence-corrected chi connectivity index (χ0v) is 19.2. The monoisotopic (exact) mass is 460 g/mol. The van der Waals surface area contributed by atoms with Crippen molar-refractivity contribution in [3.63, 3.8) is 0 Å². The number of piperazine rings is 1. The fourth-order valence-electron chi connectivity index (χ4n) is 4.62. The smallest absolute Gasteiger partial charge is 0.223 e. The van der Waals surface area contributed by atoms with Crippen LogP contribution >= 0.6 is 11.6 Å². The second-order valence-electron chi connectivity index (χ2n) is 8.56. The molecule has 1 aromatic carbocycles. The Balaban J connectivity index is 1.51. The standard InChI is InChI=1S/C24H29ClN2O3S/c25-21-8-5-9-22(17-21)26-12-13-27(23(18-26)20-6-3-1-2-4-7-20)24(28)16-19-10-14-31(29,30)15-11-19/h1-3,5-9,17,19,23H,4,10-16,18H2. The van der Waals surface area contributed by atoms with Gasteiger partial charge in [0, 0.05) is 36.8 Å². The Labute approximate surface area is 190 Å². The van der Waals surface area contributed by atoms with Crippen molar-refractivity contribution in [2.24, 2.45) is 5.92 Å². The lowest BCUT2D eigenvalue weighted by molar-refractivity contribution is -0.134. The molecule has 5 nitrogen and oxygen atoms in total. The molecule has 2 saturated heterocycles. The van der Waals surface area contributed by atoms with Crippen molar-refractivity contribution < 1.29 is 13.2 Å². The number of carbonyl (C=O) groups is 1. The molecule has 0 aromatic heterocycles. The van der Waals surface area contributed by atoms with Crippen LogP contribution in [0.4, 0.5) is 5.69 Å². The van der Waals surface area contributed by atoms with Crippen LogP contribution in [-0.4, -0.2) is 56.4 Å². The molecule has 3 aliphatic rings. The molecular formula is C24H29ClN2O3S. The van der Waals surface area contributed by atoms with Crippen molar-refractivity contribution in [2.45, 2.75) is 31.7 Å². The van der Waals surface area contributed by atoms with Crippen molar-refractivity contribution in [1.29, 1.82) is 0 Å². The van der Waals surface area contributed by atoms with E-state index in [4.69, 9.17) is 11.6 Å². The van der Waals surface area contributed by atoms with Gasteiger partial charge in [0.05, 0.1) is 17.5 Å². The number of nitrogens with zero attached hydrogens (tertiary/aromatic N) is 2. The minimum atomic E-state index is -2.92. The van der Waals surface area contributed by atoms with Crippen LogP contribution in [0.5, 0.6) is 0 Å². The van der Waals surface area contributed by atoms with Gasteiger partial charge in [0.15, 0.2) is 0 Å². The maximum atomic E-state index is 13.3. The highest BCUT2D eigenvalue weighted by Gasteiger charge is 2.34.